The number of hydrogen-bond acceptors (Lipinski definition) is 2. The molecule has 0 spiro atoms. The number of carboxylic acids is 1. The molecular weight excluding hydrogens is 175 g/mol. The first-order valence-corrected chi connectivity index (χ1v) is 6.87. The third kappa shape index (κ3) is 1.89. The Morgan fingerprint density at radius 2 is 2.00 bits per heavy atom. The van der Waals surface area contributed by atoms with E-state index in [-0.39, 0.29) is 11.6 Å². The van der Waals surface area contributed by atoms with Gasteiger partial charge in [-0.1, -0.05) is 6.42 Å². The molecule has 1 aliphatic carbocycles. The SMILES string of the molecule is CP(C)(=O)[C@@H]1CCC[C@H]1C(=O)O. The Hall–Kier alpha value is -0.300. The molecule has 3 nitrogen and oxygen atoms in total. The summed E-state index contributed by atoms with van der Waals surface area (Å²) >= 11 is 0. The molecule has 0 heterocycles. The Bertz CT molecular complexity index is 230. The first kappa shape index (κ1) is 9.79. The van der Waals surface area contributed by atoms with Crippen molar-refractivity contribution in [2.24, 2.45) is 5.92 Å². The van der Waals surface area contributed by atoms with Crippen molar-refractivity contribution in [3.05, 3.63) is 0 Å². The summed E-state index contributed by atoms with van der Waals surface area (Å²) in [4.78, 5) is 10.7. The molecule has 0 unspecified atom stereocenters. The molecule has 0 aromatic rings. The van der Waals surface area contributed by atoms with Crippen molar-refractivity contribution in [1.29, 1.82) is 0 Å². The minimum Gasteiger partial charge on any atom is -0.481 e. The third-order valence-electron chi connectivity index (χ3n) is 2.60. The fourth-order valence-corrected chi connectivity index (χ4v) is 3.92. The molecule has 0 saturated heterocycles. The third-order valence-corrected chi connectivity index (χ3v) is 4.81. The van der Waals surface area contributed by atoms with Crippen molar-refractivity contribution in [1.82, 2.24) is 0 Å². The highest BCUT2D eigenvalue weighted by Gasteiger charge is 2.39. The number of carbonyl (C=O) groups is 1. The van der Waals surface area contributed by atoms with E-state index in [1.165, 1.54) is 0 Å². The van der Waals surface area contributed by atoms with Crippen molar-refractivity contribution in [2.45, 2.75) is 24.9 Å². The summed E-state index contributed by atoms with van der Waals surface area (Å²) in [5.74, 6) is -1.13. The van der Waals surface area contributed by atoms with E-state index in [9.17, 15) is 9.36 Å². The summed E-state index contributed by atoms with van der Waals surface area (Å²) in [5.41, 5.74) is -0.0741. The lowest BCUT2D eigenvalue weighted by Gasteiger charge is -2.19. The number of hydrogen-bond donors (Lipinski definition) is 1. The van der Waals surface area contributed by atoms with Crippen LogP contribution in [0.25, 0.3) is 0 Å². The van der Waals surface area contributed by atoms with Gasteiger partial charge in [0.2, 0.25) is 0 Å². The highest BCUT2D eigenvalue weighted by molar-refractivity contribution is 7.63. The van der Waals surface area contributed by atoms with Crippen LogP contribution in [0.4, 0.5) is 0 Å². The fourth-order valence-electron chi connectivity index (χ4n) is 1.97. The Morgan fingerprint density at radius 3 is 2.33 bits per heavy atom. The lowest BCUT2D eigenvalue weighted by Crippen LogP contribution is -2.22. The molecule has 0 radical (unpaired) electrons. The van der Waals surface area contributed by atoms with E-state index >= 15 is 0 Å². The maximum Gasteiger partial charge on any atom is 0.307 e. The van der Waals surface area contributed by atoms with Crippen LogP contribution in [-0.2, 0) is 9.36 Å². The van der Waals surface area contributed by atoms with Crippen LogP contribution in [-0.4, -0.2) is 30.1 Å². The summed E-state index contributed by atoms with van der Waals surface area (Å²) < 4.78 is 11.7. The van der Waals surface area contributed by atoms with E-state index in [0.717, 1.165) is 12.8 Å². The number of rotatable bonds is 2. The van der Waals surface area contributed by atoms with Gasteiger partial charge in [0.15, 0.2) is 0 Å². The second kappa shape index (κ2) is 3.21. The monoisotopic (exact) mass is 190 g/mol. The van der Waals surface area contributed by atoms with Gasteiger partial charge in [-0.3, -0.25) is 4.79 Å². The molecule has 0 aliphatic heterocycles. The zero-order chi connectivity index (χ0) is 9.35. The Kier molecular flexibility index (Phi) is 2.62. The van der Waals surface area contributed by atoms with Crippen molar-refractivity contribution in [3.63, 3.8) is 0 Å². The maximum atomic E-state index is 11.7. The van der Waals surface area contributed by atoms with Crippen LogP contribution in [0, 0.1) is 5.92 Å². The standard InChI is InChI=1S/C8H15O3P/c1-12(2,11)7-5-3-4-6(7)8(9)10/h6-7H,3-5H2,1-2H3,(H,9,10)/t6-,7-/m1/s1. The molecule has 70 valence electrons. The highest BCUT2D eigenvalue weighted by Crippen LogP contribution is 2.52. The predicted molar refractivity (Wildman–Crippen MR) is 48.2 cm³/mol. The fraction of sp³-hybridized carbons (Fsp3) is 0.875. The average Bonchev–Trinajstić information content (AvgIpc) is 2.30. The van der Waals surface area contributed by atoms with Crippen LogP contribution in [0.15, 0.2) is 0 Å². The largest absolute Gasteiger partial charge is 0.481 e. The van der Waals surface area contributed by atoms with Crippen LogP contribution >= 0.6 is 7.14 Å². The molecule has 0 amide bonds. The average molecular weight is 190 g/mol. The molecule has 1 rings (SSSR count). The topological polar surface area (TPSA) is 54.4 Å². The number of carboxylic acid groups (broad SMARTS) is 1. The van der Waals surface area contributed by atoms with Crippen molar-refractivity contribution in [3.8, 4) is 0 Å². The lowest BCUT2D eigenvalue weighted by molar-refractivity contribution is -0.141. The quantitative estimate of drug-likeness (QED) is 0.676. The van der Waals surface area contributed by atoms with E-state index in [1.807, 2.05) is 0 Å². The first-order chi connectivity index (χ1) is 5.43. The second-order valence-corrected chi connectivity index (χ2v) is 7.41. The smallest absolute Gasteiger partial charge is 0.307 e. The highest BCUT2D eigenvalue weighted by atomic mass is 31.2. The van der Waals surface area contributed by atoms with Gasteiger partial charge >= 0.3 is 5.97 Å². The summed E-state index contributed by atoms with van der Waals surface area (Å²) in [5, 5.41) is 8.83. The van der Waals surface area contributed by atoms with Gasteiger partial charge in [-0.2, -0.15) is 0 Å². The van der Waals surface area contributed by atoms with Gasteiger partial charge in [0.1, 0.15) is 0 Å². The molecule has 2 atom stereocenters. The molecule has 0 aromatic carbocycles. The van der Waals surface area contributed by atoms with Crippen LogP contribution in [0.5, 0.6) is 0 Å². The molecule has 4 heteroatoms. The minimum atomic E-state index is -2.20. The van der Waals surface area contributed by atoms with Gasteiger partial charge in [-0.15, -0.1) is 0 Å². The van der Waals surface area contributed by atoms with E-state index < -0.39 is 13.1 Å². The van der Waals surface area contributed by atoms with E-state index in [0.29, 0.717) is 6.42 Å². The zero-order valence-corrected chi connectivity index (χ0v) is 8.38. The molecule has 0 aromatic heterocycles. The Balaban J connectivity index is 2.78. The summed E-state index contributed by atoms with van der Waals surface area (Å²) in [6, 6.07) is 0. The molecular formula is C8H15O3P. The first-order valence-electron chi connectivity index (χ1n) is 4.20. The summed E-state index contributed by atoms with van der Waals surface area (Å²) in [7, 11) is -2.20. The lowest BCUT2D eigenvalue weighted by atomic mass is 10.1. The normalized spacial score (nSPS) is 30.5. The van der Waals surface area contributed by atoms with Gasteiger partial charge < -0.3 is 9.67 Å². The van der Waals surface area contributed by atoms with Crippen LogP contribution in [0.3, 0.4) is 0 Å². The number of aliphatic carboxylic acids is 1. The van der Waals surface area contributed by atoms with E-state index in [2.05, 4.69) is 0 Å². The Labute approximate surface area is 72.5 Å². The van der Waals surface area contributed by atoms with Crippen LogP contribution in [0.2, 0.25) is 0 Å². The Morgan fingerprint density at radius 1 is 1.42 bits per heavy atom. The van der Waals surface area contributed by atoms with Crippen LogP contribution < -0.4 is 0 Å². The van der Waals surface area contributed by atoms with Gasteiger partial charge in [0, 0.05) is 5.66 Å². The predicted octanol–water partition coefficient (Wildman–Crippen LogP) is 1.86. The van der Waals surface area contributed by atoms with Crippen molar-refractivity contribution in [2.75, 3.05) is 13.3 Å². The maximum absolute atomic E-state index is 11.7. The van der Waals surface area contributed by atoms with Gasteiger partial charge in [0.25, 0.3) is 0 Å². The molecule has 1 saturated carbocycles. The second-order valence-electron chi connectivity index (χ2n) is 3.88. The van der Waals surface area contributed by atoms with Gasteiger partial charge in [-0.05, 0) is 26.2 Å². The molecule has 1 N–H and O–H groups in total. The summed E-state index contributed by atoms with van der Waals surface area (Å²) in [6.07, 6.45) is 2.43. The molecule has 1 fully saturated rings. The van der Waals surface area contributed by atoms with Crippen molar-refractivity contribution >= 4 is 13.1 Å². The van der Waals surface area contributed by atoms with Crippen LogP contribution in [0.1, 0.15) is 19.3 Å². The molecule has 12 heavy (non-hydrogen) atoms. The van der Waals surface area contributed by atoms with Gasteiger partial charge in [-0.25, -0.2) is 0 Å². The molecule has 1 aliphatic rings. The van der Waals surface area contributed by atoms with Gasteiger partial charge in [0.05, 0.1) is 13.1 Å². The minimum absolute atomic E-state index is 0.0741. The summed E-state index contributed by atoms with van der Waals surface area (Å²) in [6.45, 7) is 3.39. The zero-order valence-electron chi connectivity index (χ0n) is 7.49. The van der Waals surface area contributed by atoms with Crippen molar-refractivity contribution < 1.29 is 14.5 Å². The van der Waals surface area contributed by atoms with E-state index in [4.69, 9.17) is 5.11 Å². The molecule has 0 bridgehead atoms. The van der Waals surface area contributed by atoms with E-state index in [1.54, 1.807) is 13.3 Å².